The van der Waals surface area contributed by atoms with Gasteiger partial charge in [0.1, 0.15) is 6.04 Å². The van der Waals surface area contributed by atoms with E-state index in [4.69, 9.17) is 4.74 Å². The molecule has 21 heavy (non-hydrogen) atoms. The Morgan fingerprint density at radius 2 is 2.43 bits per heavy atom. The molecule has 0 saturated carbocycles. The van der Waals surface area contributed by atoms with E-state index in [0.29, 0.717) is 32.0 Å². The van der Waals surface area contributed by atoms with Crippen molar-refractivity contribution < 1.29 is 14.6 Å². The van der Waals surface area contributed by atoms with Crippen LogP contribution < -0.4 is 10.2 Å². The number of amides is 1. The molecule has 0 bridgehead atoms. The van der Waals surface area contributed by atoms with Crippen LogP contribution in [-0.2, 0) is 9.53 Å². The second kappa shape index (κ2) is 7.38. The summed E-state index contributed by atoms with van der Waals surface area (Å²) in [6.45, 7) is 6.00. The van der Waals surface area contributed by atoms with Gasteiger partial charge in [-0.2, -0.15) is 0 Å². The third-order valence-electron chi connectivity index (χ3n) is 3.51. The van der Waals surface area contributed by atoms with Crippen molar-refractivity contribution >= 4 is 11.6 Å². The Morgan fingerprint density at radius 3 is 3.05 bits per heavy atom. The number of nitrogens with one attached hydrogen (secondary N) is 1. The lowest BCUT2D eigenvalue weighted by Gasteiger charge is -2.36. The number of aromatic nitrogens is 1. The lowest BCUT2D eigenvalue weighted by Crippen LogP contribution is -2.54. The molecule has 0 aliphatic carbocycles. The van der Waals surface area contributed by atoms with Gasteiger partial charge in [0.15, 0.2) is 0 Å². The first kappa shape index (κ1) is 15.7. The number of ether oxygens (including phenoxy) is 1. The average molecular weight is 293 g/mol. The summed E-state index contributed by atoms with van der Waals surface area (Å²) in [4.78, 5) is 18.5. The Bertz CT molecular complexity index is 462. The minimum absolute atomic E-state index is 0.0175. The fourth-order valence-corrected chi connectivity index (χ4v) is 2.31. The highest BCUT2D eigenvalue weighted by atomic mass is 16.5. The molecule has 1 fully saturated rings. The maximum atomic E-state index is 12.2. The largest absolute Gasteiger partial charge is 0.387 e. The summed E-state index contributed by atoms with van der Waals surface area (Å²) in [5, 5.41) is 12.4. The molecule has 2 rings (SSSR count). The zero-order valence-corrected chi connectivity index (χ0v) is 12.6. The van der Waals surface area contributed by atoms with Gasteiger partial charge in [0, 0.05) is 13.1 Å². The maximum Gasteiger partial charge on any atom is 0.245 e. The van der Waals surface area contributed by atoms with E-state index >= 15 is 0 Å². The predicted molar refractivity (Wildman–Crippen MR) is 80.1 cm³/mol. The number of carbonyl (C=O) groups excluding carboxylic acids is 1. The number of nitrogens with zero attached hydrogens (tertiary/aromatic N) is 2. The van der Waals surface area contributed by atoms with E-state index in [1.165, 1.54) is 0 Å². The van der Waals surface area contributed by atoms with E-state index in [-0.39, 0.29) is 11.9 Å². The predicted octanol–water partition coefficient (Wildman–Crippen LogP) is 0.866. The van der Waals surface area contributed by atoms with Crippen LogP contribution in [0.3, 0.4) is 0 Å². The van der Waals surface area contributed by atoms with E-state index in [9.17, 15) is 9.90 Å². The highest BCUT2D eigenvalue weighted by Gasteiger charge is 2.29. The van der Waals surface area contributed by atoms with Crippen LogP contribution in [-0.4, -0.2) is 48.3 Å². The van der Waals surface area contributed by atoms with E-state index in [1.54, 1.807) is 19.2 Å². The van der Waals surface area contributed by atoms with Crippen LogP contribution in [0.2, 0.25) is 0 Å². The molecule has 2 N–H and O–H groups in total. The molecule has 116 valence electrons. The van der Waals surface area contributed by atoms with Crippen molar-refractivity contribution in [3.63, 3.8) is 0 Å². The monoisotopic (exact) mass is 293 g/mol. The van der Waals surface area contributed by atoms with Gasteiger partial charge in [0.25, 0.3) is 0 Å². The van der Waals surface area contributed by atoms with Crippen LogP contribution >= 0.6 is 0 Å². The quantitative estimate of drug-likeness (QED) is 0.842. The second-order valence-electron chi connectivity index (χ2n) is 5.19. The van der Waals surface area contributed by atoms with Crippen molar-refractivity contribution in [3.05, 3.63) is 24.0 Å². The number of aliphatic hydroxyl groups excluding tert-OH is 1. The van der Waals surface area contributed by atoms with E-state index in [1.807, 2.05) is 17.9 Å². The minimum atomic E-state index is -0.590. The molecule has 0 radical (unpaired) electrons. The summed E-state index contributed by atoms with van der Waals surface area (Å²) < 4.78 is 5.43. The van der Waals surface area contributed by atoms with Crippen LogP contribution in [0.5, 0.6) is 0 Å². The van der Waals surface area contributed by atoms with E-state index < -0.39 is 6.10 Å². The van der Waals surface area contributed by atoms with Crippen LogP contribution in [0.1, 0.15) is 32.1 Å². The van der Waals surface area contributed by atoms with Crippen LogP contribution in [0.4, 0.5) is 5.69 Å². The first-order valence-electron chi connectivity index (χ1n) is 7.39. The molecule has 1 saturated heterocycles. The SMILES string of the molecule is CCCNC(=O)C1COCCN1c1ccc([C@@H](C)O)nc1. The molecule has 6 heteroatoms. The number of hydrogen-bond acceptors (Lipinski definition) is 5. The Balaban J connectivity index is 2.12. The average Bonchev–Trinajstić information content (AvgIpc) is 2.52. The number of carbonyl (C=O) groups is 1. The number of rotatable bonds is 5. The van der Waals surface area contributed by atoms with Crippen LogP contribution in [0, 0.1) is 0 Å². The van der Waals surface area contributed by atoms with Gasteiger partial charge in [0.05, 0.1) is 36.9 Å². The fraction of sp³-hybridized carbons (Fsp3) is 0.600. The third kappa shape index (κ3) is 3.92. The lowest BCUT2D eigenvalue weighted by molar-refractivity contribution is -0.124. The third-order valence-corrected chi connectivity index (χ3v) is 3.51. The summed E-state index contributed by atoms with van der Waals surface area (Å²) in [5.74, 6) is -0.0175. The van der Waals surface area contributed by atoms with Crippen molar-refractivity contribution in [2.24, 2.45) is 0 Å². The Hall–Kier alpha value is -1.66. The number of hydrogen-bond donors (Lipinski definition) is 2. The molecular weight excluding hydrogens is 270 g/mol. The molecule has 1 amide bonds. The Labute approximate surface area is 125 Å². The molecule has 1 aromatic heterocycles. The molecule has 1 unspecified atom stereocenters. The standard InChI is InChI=1S/C15H23N3O3/c1-3-6-16-15(20)14-10-21-8-7-18(14)12-4-5-13(11(2)19)17-9-12/h4-5,9,11,14,19H,3,6-8,10H2,1-2H3,(H,16,20)/t11-,14?/m1/s1. The number of anilines is 1. The fourth-order valence-electron chi connectivity index (χ4n) is 2.31. The summed E-state index contributed by atoms with van der Waals surface area (Å²) in [6.07, 6.45) is 2.02. The summed E-state index contributed by atoms with van der Waals surface area (Å²) in [6, 6.07) is 3.35. The van der Waals surface area contributed by atoms with Crippen molar-refractivity contribution in [2.75, 3.05) is 31.2 Å². The first-order chi connectivity index (χ1) is 10.1. The highest BCUT2D eigenvalue weighted by molar-refractivity contribution is 5.85. The highest BCUT2D eigenvalue weighted by Crippen LogP contribution is 2.20. The van der Waals surface area contributed by atoms with Crippen molar-refractivity contribution in [1.29, 1.82) is 0 Å². The van der Waals surface area contributed by atoms with Gasteiger partial charge in [-0.25, -0.2) is 0 Å². The van der Waals surface area contributed by atoms with Gasteiger partial charge < -0.3 is 20.1 Å². The van der Waals surface area contributed by atoms with Gasteiger partial charge in [-0.3, -0.25) is 9.78 Å². The molecule has 6 nitrogen and oxygen atoms in total. The normalized spacial score (nSPS) is 20.1. The van der Waals surface area contributed by atoms with Gasteiger partial charge in [0.2, 0.25) is 5.91 Å². The van der Waals surface area contributed by atoms with Gasteiger partial charge in [-0.05, 0) is 25.5 Å². The smallest absolute Gasteiger partial charge is 0.245 e. The van der Waals surface area contributed by atoms with Crippen LogP contribution in [0.25, 0.3) is 0 Å². The first-order valence-corrected chi connectivity index (χ1v) is 7.39. The Morgan fingerprint density at radius 1 is 1.62 bits per heavy atom. The lowest BCUT2D eigenvalue weighted by atomic mass is 10.1. The summed E-state index contributed by atoms with van der Waals surface area (Å²) >= 11 is 0. The molecule has 1 aliphatic heterocycles. The van der Waals surface area contributed by atoms with Crippen LogP contribution in [0.15, 0.2) is 18.3 Å². The molecule has 2 heterocycles. The van der Waals surface area contributed by atoms with E-state index in [0.717, 1.165) is 12.1 Å². The van der Waals surface area contributed by atoms with Gasteiger partial charge in [-0.1, -0.05) is 6.92 Å². The molecule has 1 aromatic rings. The molecule has 0 spiro atoms. The molecule has 1 aliphatic rings. The summed E-state index contributed by atoms with van der Waals surface area (Å²) in [7, 11) is 0. The van der Waals surface area contributed by atoms with Crippen molar-refractivity contribution in [3.8, 4) is 0 Å². The molecule has 2 atom stereocenters. The number of pyridine rings is 1. The van der Waals surface area contributed by atoms with E-state index in [2.05, 4.69) is 10.3 Å². The van der Waals surface area contributed by atoms with Crippen molar-refractivity contribution in [2.45, 2.75) is 32.4 Å². The second-order valence-corrected chi connectivity index (χ2v) is 5.19. The van der Waals surface area contributed by atoms with Crippen molar-refractivity contribution in [1.82, 2.24) is 10.3 Å². The maximum absolute atomic E-state index is 12.2. The topological polar surface area (TPSA) is 74.7 Å². The molecule has 0 aromatic carbocycles. The van der Waals surface area contributed by atoms with Gasteiger partial charge >= 0.3 is 0 Å². The summed E-state index contributed by atoms with van der Waals surface area (Å²) in [5.41, 5.74) is 1.50. The molecular formula is C15H23N3O3. The zero-order valence-electron chi connectivity index (χ0n) is 12.6. The zero-order chi connectivity index (χ0) is 15.2. The number of morpholine rings is 1. The minimum Gasteiger partial charge on any atom is -0.387 e. The Kier molecular flexibility index (Phi) is 5.52. The number of aliphatic hydroxyl groups is 1. The van der Waals surface area contributed by atoms with Gasteiger partial charge in [-0.15, -0.1) is 0 Å².